The second kappa shape index (κ2) is 24.8. The van der Waals surface area contributed by atoms with Crippen molar-refractivity contribution in [1.29, 1.82) is 0 Å². The number of ether oxygens (including phenoxy) is 1. The molecule has 1 amide bonds. The van der Waals surface area contributed by atoms with Gasteiger partial charge >= 0.3 is 29.6 Å². The van der Waals surface area contributed by atoms with Gasteiger partial charge in [-0.25, -0.2) is 16.8 Å². The summed E-state index contributed by atoms with van der Waals surface area (Å²) < 4.78 is 223. The van der Waals surface area contributed by atoms with Gasteiger partial charge in [0.1, 0.15) is 38.3 Å². The third-order valence-corrected chi connectivity index (χ3v) is 20.1. The Morgan fingerprint density at radius 2 is 1.24 bits per heavy atom. The molecule has 5 aromatic carbocycles. The third kappa shape index (κ3) is 14.8. The van der Waals surface area contributed by atoms with Gasteiger partial charge in [-0.2, -0.15) is 38.2 Å². The van der Waals surface area contributed by atoms with E-state index < -0.39 is 103 Å². The van der Waals surface area contributed by atoms with Gasteiger partial charge in [0.25, 0.3) is 40.5 Å². The van der Waals surface area contributed by atoms with Crippen LogP contribution in [0, 0.1) is 0 Å². The van der Waals surface area contributed by atoms with E-state index in [0.29, 0.717) is 106 Å². The number of benzene rings is 5. The number of fused-ring (bicyclic) bond motifs is 6. The van der Waals surface area contributed by atoms with Crippen LogP contribution in [-0.4, -0.2) is 125 Å². The first-order chi connectivity index (χ1) is 39.2. The zero-order valence-corrected chi connectivity index (χ0v) is 54.3. The summed E-state index contributed by atoms with van der Waals surface area (Å²) in [6.45, 7) is 12.3. The Kier molecular flexibility index (Phi) is 19.6. The van der Waals surface area contributed by atoms with Crippen molar-refractivity contribution < 1.29 is 121 Å². The fourth-order valence-electron chi connectivity index (χ4n) is 11.3. The molecule has 30 heteroatoms. The fraction of sp³-hybridized carbons (Fsp3) is 0.321. The van der Waals surface area contributed by atoms with E-state index in [9.17, 15) is 82.6 Å². The topological polar surface area (TPSA) is 376 Å². The largest absolute Gasteiger partial charge is 1.00 e. The third-order valence-electron chi connectivity index (χ3n) is 15.1. The molecule has 23 nitrogen and oxygen atoms in total. The summed E-state index contributed by atoms with van der Waals surface area (Å²) in [5, 5.41) is 2.43. The zero-order chi connectivity index (χ0) is 62.8. The smallest absolute Gasteiger partial charge is 0.744 e. The van der Waals surface area contributed by atoms with E-state index in [-0.39, 0.29) is 82.9 Å². The fourth-order valence-corrected chi connectivity index (χ4v) is 14.9. The number of nitrogens with zero attached hydrogens (tertiary/aromatic N) is 2. The Morgan fingerprint density at radius 1 is 0.698 bits per heavy atom. The van der Waals surface area contributed by atoms with E-state index in [4.69, 9.17) is 4.74 Å². The minimum Gasteiger partial charge on any atom is -0.744 e. The van der Waals surface area contributed by atoms with E-state index in [1.54, 1.807) is 92.7 Å². The van der Waals surface area contributed by atoms with Crippen LogP contribution in [0.4, 0.5) is 11.4 Å². The molecular formula is C56H60N3NaO20S6. The number of carbonyl (C=O) groups excluding carboxylic acids is 1. The predicted octanol–water partition coefficient (Wildman–Crippen LogP) is 4.15. The maximum atomic E-state index is 12.7. The molecule has 0 atom stereocenters. The Bertz CT molecular complexity index is 4550. The van der Waals surface area contributed by atoms with E-state index in [0.717, 1.165) is 17.7 Å². The van der Waals surface area contributed by atoms with Gasteiger partial charge < -0.3 is 24.1 Å². The van der Waals surface area contributed by atoms with Crippen LogP contribution in [0.25, 0.3) is 21.5 Å². The van der Waals surface area contributed by atoms with Gasteiger partial charge in [0.2, 0.25) is 11.6 Å². The predicted molar refractivity (Wildman–Crippen MR) is 313 cm³/mol. The molecule has 0 radical (unpaired) electrons. The molecule has 1 aliphatic carbocycles. The number of allylic oxidation sites excluding steroid dienone is 7. The van der Waals surface area contributed by atoms with E-state index >= 15 is 0 Å². The van der Waals surface area contributed by atoms with Gasteiger partial charge in [-0.05, 0) is 152 Å². The monoisotopic (exact) mass is 1310 g/mol. The first-order valence-electron chi connectivity index (χ1n) is 26.1. The normalized spacial score (nSPS) is 17.4. The van der Waals surface area contributed by atoms with Crippen LogP contribution in [0.15, 0.2) is 151 Å². The SMILES string of the molecule is C=C(C)C(=O)NCCc1ccc(OC2=C(/C=C/C3=[N+](CCCS(=O)(=O)O)c4ccc5c(S(=O)(=O)[O-])cc(S(=O)(=O)O)cc5c4C3(C)C)CCC/C2=C\C=C2\N(CCCS(=O)(=O)O)c3ccc4c(S(=O)(=O)[O-])cc(S(=O)(=O)O)cc4c3C2(C)C)cc1.[Na+]. The summed E-state index contributed by atoms with van der Waals surface area (Å²) in [7, 11) is -29.9. The van der Waals surface area contributed by atoms with Crippen molar-refractivity contribution in [3.05, 3.63) is 149 Å². The molecule has 0 aromatic heterocycles. The Labute approximate surface area is 521 Å². The van der Waals surface area contributed by atoms with Crippen molar-refractivity contribution in [3.8, 4) is 5.75 Å². The first-order valence-corrected chi connectivity index (χ1v) is 35.1. The summed E-state index contributed by atoms with van der Waals surface area (Å²) in [4.78, 5) is 10.3. The molecule has 86 heavy (non-hydrogen) atoms. The van der Waals surface area contributed by atoms with Crippen LogP contribution < -0.4 is 44.5 Å². The Balaban J connectivity index is 0.0000106. The number of anilines is 1. The van der Waals surface area contributed by atoms with Crippen LogP contribution >= 0.6 is 0 Å². The summed E-state index contributed by atoms with van der Waals surface area (Å²) in [6.07, 6.45) is 8.35. The van der Waals surface area contributed by atoms with Crippen molar-refractivity contribution in [3.63, 3.8) is 0 Å². The van der Waals surface area contributed by atoms with E-state index in [2.05, 4.69) is 11.9 Å². The number of amides is 1. The van der Waals surface area contributed by atoms with Gasteiger partial charge in [-0.15, -0.1) is 0 Å². The molecular weight excluding hydrogens is 1250 g/mol. The molecule has 2 aliphatic heterocycles. The van der Waals surface area contributed by atoms with Crippen molar-refractivity contribution in [2.24, 2.45) is 0 Å². The molecule has 8 rings (SSSR count). The molecule has 0 spiro atoms. The average molecular weight is 1310 g/mol. The van der Waals surface area contributed by atoms with Gasteiger partial charge in [0, 0.05) is 65.0 Å². The number of carbonyl (C=O) groups is 1. The molecule has 456 valence electrons. The molecule has 3 aliphatic rings. The standard InChI is InChI=1S/C56H61N3O20S6.Na/c1-34(2)54(60)57-25-24-35-12-16-38(17-13-35)79-53-36(14-22-49-55(3,4)51-43-30-39(82(67,68)69)32-47(84(73,74)75)41(43)18-20-45(51)58(49)26-8-28-80(61,62)63)10-7-11-37(53)15-23-50-56(5,6)52-44-31-40(83(70,71)72)33-48(85(76,77)78)42(44)19-21-46(52)59(50)27-9-29-81(64,65)66;/h12-23,30-33H,1,7-11,24-29H2,2-6H3,(H6-,57,60,61,62,63,64,65,66,67,68,69,70,71,72,73,74,75,76,77,78);/q;+1/p-1. The molecule has 0 unspecified atom stereocenters. The maximum Gasteiger partial charge on any atom is 1.00 e. The molecule has 0 bridgehead atoms. The zero-order valence-electron chi connectivity index (χ0n) is 47.4. The van der Waals surface area contributed by atoms with Crippen LogP contribution in [0.2, 0.25) is 0 Å². The number of hydrogen-bond donors (Lipinski definition) is 5. The van der Waals surface area contributed by atoms with Gasteiger partial charge in [-0.3, -0.25) is 23.0 Å². The van der Waals surface area contributed by atoms with Gasteiger partial charge in [0.05, 0.1) is 36.5 Å². The Hall–Kier alpha value is -5.48. The number of rotatable bonds is 21. The quantitative estimate of drug-likeness (QED) is 0.0298. The molecule has 0 fully saturated rings. The summed E-state index contributed by atoms with van der Waals surface area (Å²) in [5.41, 5.74) is 2.12. The average Bonchev–Trinajstić information content (AvgIpc) is 1.52. The van der Waals surface area contributed by atoms with Crippen molar-refractivity contribution >= 4 is 105 Å². The van der Waals surface area contributed by atoms with Gasteiger partial charge in [-0.1, -0.05) is 44.7 Å². The first kappa shape index (κ1) is 68.0. The minimum atomic E-state index is -5.36. The van der Waals surface area contributed by atoms with Crippen molar-refractivity contribution in [2.75, 3.05) is 36.0 Å². The second-order valence-electron chi connectivity index (χ2n) is 21.8. The summed E-state index contributed by atoms with van der Waals surface area (Å²) in [6, 6.07) is 15.8. The Morgan fingerprint density at radius 3 is 1.78 bits per heavy atom. The van der Waals surface area contributed by atoms with Crippen LogP contribution in [0.5, 0.6) is 5.75 Å². The van der Waals surface area contributed by atoms with E-state index in [1.807, 2.05) is 0 Å². The molecule has 0 saturated heterocycles. The van der Waals surface area contributed by atoms with E-state index in [1.165, 1.54) is 24.3 Å². The number of nitrogens with one attached hydrogen (secondary N) is 1. The van der Waals surface area contributed by atoms with Crippen LogP contribution in [0.3, 0.4) is 0 Å². The van der Waals surface area contributed by atoms with Crippen LogP contribution in [0.1, 0.15) is 83.4 Å². The second-order valence-corrected chi connectivity index (χ2v) is 30.5. The van der Waals surface area contributed by atoms with Crippen molar-refractivity contribution in [1.82, 2.24) is 5.32 Å². The van der Waals surface area contributed by atoms with Gasteiger partial charge in [0.15, 0.2) is 5.71 Å². The van der Waals surface area contributed by atoms with Crippen LogP contribution in [-0.2, 0) is 82.8 Å². The molecule has 5 aromatic rings. The van der Waals surface area contributed by atoms with Crippen molar-refractivity contribution in [2.45, 2.75) is 104 Å². The summed E-state index contributed by atoms with van der Waals surface area (Å²) >= 11 is 0. The number of hydrogen-bond acceptors (Lipinski definition) is 17. The molecule has 2 heterocycles. The summed E-state index contributed by atoms with van der Waals surface area (Å²) in [5.74, 6) is -0.952. The molecule has 5 N–H and O–H groups in total. The molecule has 0 saturated carbocycles. The minimum absolute atomic E-state index is 0. The maximum absolute atomic E-state index is 12.7.